The second-order valence-corrected chi connectivity index (χ2v) is 4.60. The van der Waals surface area contributed by atoms with Gasteiger partial charge in [0.25, 0.3) is 0 Å². The van der Waals surface area contributed by atoms with E-state index < -0.39 is 0 Å². The Labute approximate surface area is 152 Å². The van der Waals surface area contributed by atoms with Crippen LogP contribution in [0.5, 0.6) is 5.75 Å². The molecule has 0 saturated carbocycles. The van der Waals surface area contributed by atoms with Crippen molar-refractivity contribution in [2.45, 2.75) is 20.0 Å². The second kappa shape index (κ2) is 10.1. The number of nitrogens with zero attached hydrogens (tertiary/aromatic N) is 1. The van der Waals surface area contributed by atoms with E-state index in [-0.39, 0.29) is 35.5 Å². The maximum absolute atomic E-state index is 13.6. The highest BCUT2D eigenvalue weighted by Gasteiger charge is 2.04. The van der Waals surface area contributed by atoms with Gasteiger partial charge in [-0.15, -0.1) is 24.0 Å². The molecule has 0 radical (unpaired) electrons. The predicted octanol–water partition coefficient (Wildman–Crippen LogP) is 3.30. The summed E-state index contributed by atoms with van der Waals surface area (Å²) in [5, 5.41) is 6.29. The summed E-state index contributed by atoms with van der Waals surface area (Å²) in [5.74, 6) is 1.32. The van der Waals surface area contributed by atoms with Gasteiger partial charge in [-0.05, 0) is 36.8 Å². The molecular formula is C16H21FIN3O2. The minimum absolute atomic E-state index is 0. The lowest BCUT2D eigenvalue weighted by atomic mass is 10.2. The molecule has 1 aromatic heterocycles. The van der Waals surface area contributed by atoms with E-state index in [0.29, 0.717) is 19.0 Å². The van der Waals surface area contributed by atoms with Crippen LogP contribution in [-0.2, 0) is 13.1 Å². The van der Waals surface area contributed by atoms with E-state index in [2.05, 4.69) is 15.6 Å². The van der Waals surface area contributed by atoms with Crippen LogP contribution in [0.3, 0.4) is 0 Å². The fourth-order valence-corrected chi connectivity index (χ4v) is 1.90. The molecule has 0 aliphatic rings. The van der Waals surface area contributed by atoms with Crippen LogP contribution in [0.2, 0.25) is 0 Å². The second-order valence-electron chi connectivity index (χ2n) is 4.60. The maximum Gasteiger partial charge on any atom is 0.191 e. The summed E-state index contributed by atoms with van der Waals surface area (Å²) in [6.07, 6.45) is 1.63. The van der Waals surface area contributed by atoms with Gasteiger partial charge in [0, 0.05) is 6.54 Å². The number of methoxy groups -OCH3 is 1. The molecule has 7 heteroatoms. The minimum Gasteiger partial charge on any atom is -0.494 e. The third-order valence-electron chi connectivity index (χ3n) is 2.99. The lowest BCUT2D eigenvalue weighted by molar-refractivity contribution is 0.386. The maximum atomic E-state index is 13.6. The number of furan rings is 1. The van der Waals surface area contributed by atoms with Crippen molar-refractivity contribution >= 4 is 29.9 Å². The average molecular weight is 433 g/mol. The number of guanidine groups is 1. The Balaban J connectivity index is 0.00000264. The average Bonchev–Trinajstić information content (AvgIpc) is 3.03. The molecule has 1 heterocycles. The zero-order valence-corrected chi connectivity index (χ0v) is 15.5. The number of halogens is 2. The molecule has 2 aromatic rings. The summed E-state index contributed by atoms with van der Waals surface area (Å²) in [7, 11) is 1.44. The normalized spacial score (nSPS) is 10.8. The first-order valence-corrected chi connectivity index (χ1v) is 7.10. The lowest BCUT2D eigenvalue weighted by Gasteiger charge is -2.10. The van der Waals surface area contributed by atoms with Crippen LogP contribution in [0.1, 0.15) is 18.2 Å². The molecule has 2 rings (SSSR count). The van der Waals surface area contributed by atoms with Crippen molar-refractivity contribution in [2.24, 2.45) is 4.99 Å². The lowest BCUT2D eigenvalue weighted by Crippen LogP contribution is -2.36. The van der Waals surface area contributed by atoms with Gasteiger partial charge >= 0.3 is 0 Å². The molecule has 23 heavy (non-hydrogen) atoms. The first-order chi connectivity index (χ1) is 10.7. The van der Waals surface area contributed by atoms with Gasteiger partial charge in [-0.3, -0.25) is 0 Å². The highest BCUT2D eigenvalue weighted by Crippen LogP contribution is 2.18. The van der Waals surface area contributed by atoms with E-state index >= 15 is 0 Å². The van der Waals surface area contributed by atoms with Crippen LogP contribution in [0, 0.1) is 5.82 Å². The van der Waals surface area contributed by atoms with E-state index in [1.54, 1.807) is 18.4 Å². The standard InChI is InChI=1S/C16H20FN3O2.HI/c1-3-18-16(20-11-13-5-4-8-22-13)19-10-12-6-7-15(21-2)14(17)9-12;/h4-9H,3,10-11H2,1-2H3,(H2,18,19,20);1H. The van der Waals surface area contributed by atoms with E-state index in [1.165, 1.54) is 13.2 Å². The van der Waals surface area contributed by atoms with Crippen LogP contribution >= 0.6 is 24.0 Å². The van der Waals surface area contributed by atoms with Crippen molar-refractivity contribution in [2.75, 3.05) is 13.7 Å². The molecule has 2 N–H and O–H groups in total. The Kier molecular flexibility index (Phi) is 8.46. The Morgan fingerprint density at radius 3 is 2.74 bits per heavy atom. The minimum atomic E-state index is -0.385. The van der Waals surface area contributed by atoms with Gasteiger partial charge in [-0.25, -0.2) is 9.38 Å². The largest absolute Gasteiger partial charge is 0.494 e. The van der Waals surface area contributed by atoms with Crippen LogP contribution in [0.15, 0.2) is 46.0 Å². The summed E-state index contributed by atoms with van der Waals surface area (Å²) in [6.45, 7) is 3.63. The topological polar surface area (TPSA) is 58.8 Å². The summed E-state index contributed by atoms with van der Waals surface area (Å²) in [6, 6.07) is 8.54. The Hall–Kier alpha value is -1.77. The summed E-state index contributed by atoms with van der Waals surface area (Å²) >= 11 is 0. The monoisotopic (exact) mass is 433 g/mol. The molecule has 0 unspecified atom stereocenters. The third kappa shape index (κ3) is 6.09. The quantitative estimate of drug-likeness (QED) is 0.417. The van der Waals surface area contributed by atoms with Crippen molar-refractivity contribution in [1.82, 2.24) is 10.6 Å². The van der Waals surface area contributed by atoms with Gasteiger partial charge in [-0.1, -0.05) is 6.07 Å². The fraction of sp³-hybridized carbons (Fsp3) is 0.312. The molecule has 0 aliphatic heterocycles. The molecule has 1 aromatic carbocycles. The van der Waals surface area contributed by atoms with E-state index in [9.17, 15) is 4.39 Å². The molecular weight excluding hydrogens is 412 g/mol. The molecule has 0 aliphatic carbocycles. The first kappa shape index (κ1) is 19.3. The van der Waals surface area contributed by atoms with Gasteiger partial charge < -0.3 is 19.8 Å². The van der Waals surface area contributed by atoms with Gasteiger partial charge in [0.15, 0.2) is 17.5 Å². The molecule has 5 nitrogen and oxygen atoms in total. The predicted molar refractivity (Wildman–Crippen MR) is 98.7 cm³/mol. The van der Waals surface area contributed by atoms with Crippen LogP contribution in [0.4, 0.5) is 4.39 Å². The van der Waals surface area contributed by atoms with E-state index in [1.807, 2.05) is 19.1 Å². The van der Waals surface area contributed by atoms with E-state index in [4.69, 9.17) is 9.15 Å². The van der Waals surface area contributed by atoms with Gasteiger partial charge in [-0.2, -0.15) is 0 Å². The SMILES string of the molecule is CCNC(=NCc1ccc(OC)c(F)c1)NCc1ccco1.I. The van der Waals surface area contributed by atoms with Crippen LogP contribution < -0.4 is 15.4 Å². The molecule has 0 spiro atoms. The van der Waals surface area contributed by atoms with Crippen molar-refractivity contribution in [1.29, 1.82) is 0 Å². The molecule has 0 saturated heterocycles. The van der Waals surface area contributed by atoms with Crippen LogP contribution in [0.25, 0.3) is 0 Å². The number of aliphatic imine (C=N–C) groups is 1. The fourth-order valence-electron chi connectivity index (χ4n) is 1.90. The highest BCUT2D eigenvalue weighted by molar-refractivity contribution is 14.0. The zero-order chi connectivity index (χ0) is 15.8. The van der Waals surface area contributed by atoms with Gasteiger partial charge in [0.2, 0.25) is 0 Å². The molecule has 0 fully saturated rings. The van der Waals surface area contributed by atoms with Gasteiger partial charge in [0.1, 0.15) is 5.76 Å². The van der Waals surface area contributed by atoms with Crippen molar-refractivity contribution < 1.29 is 13.5 Å². The van der Waals surface area contributed by atoms with E-state index in [0.717, 1.165) is 17.9 Å². The van der Waals surface area contributed by atoms with Crippen LogP contribution in [-0.4, -0.2) is 19.6 Å². The molecule has 0 bridgehead atoms. The Bertz CT molecular complexity index is 618. The zero-order valence-electron chi connectivity index (χ0n) is 13.1. The molecule has 126 valence electrons. The number of nitrogens with one attached hydrogen (secondary N) is 2. The molecule has 0 atom stereocenters. The number of hydrogen-bond acceptors (Lipinski definition) is 3. The van der Waals surface area contributed by atoms with Crippen molar-refractivity contribution in [3.05, 3.63) is 53.7 Å². The summed E-state index contributed by atoms with van der Waals surface area (Å²) in [4.78, 5) is 4.43. The first-order valence-electron chi connectivity index (χ1n) is 7.10. The summed E-state index contributed by atoms with van der Waals surface area (Å²) in [5.41, 5.74) is 0.772. The highest BCUT2D eigenvalue weighted by atomic mass is 127. The number of ether oxygens (including phenoxy) is 1. The number of hydrogen-bond donors (Lipinski definition) is 2. The molecule has 0 amide bonds. The summed E-state index contributed by atoms with van der Waals surface area (Å²) < 4.78 is 23.8. The Morgan fingerprint density at radius 1 is 1.30 bits per heavy atom. The Morgan fingerprint density at radius 2 is 2.13 bits per heavy atom. The smallest absolute Gasteiger partial charge is 0.191 e. The van der Waals surface area contributed by atoms with Crippen molar-refractivity contribution in [3.63, 3.8) is 0 Å². The van der Waals surface area contributed by atoms with Crippen molar-refractivity contribution in [3.8, 4) is 5.75 Å². The number of rotatable bonds is 6. The number of benzene rings is 1. The van der Waals surface area contributed by atoms with Gasteiger partial charge in [0.05, 0.1) is 26.5 Å². The third-order valence-corrected chi connectivity index (χ3v) is 2.99.